The molecule has 0 fully saturated rings. The van der Waals surface area contributed by atoms with E-state index in [2.05, 4.69) is 26.1 Å². The van der Waals surface area contributed by atoms with Gasteiger partial charge in [-0.2, -0.15) is 0 Å². The predicted octanol–water partition coefficient (Wildman–Crippen LogP) is 1.90. The highest BCUT2D eigenvalue weighted by Crippen LogP contribution is 2.18. The first kappa shape index (κ1) is 14.9. The molecule has 0 aromatic heterocycles. The third kappa shape index (κ3) is 4.64. The Morgan fingerprint density at radius 2 is 1.75 bits per heavy atom. The average molecular weight is 229 g/mol. The summed E-state index contributed by atoms with van der Waals surface area (Å²) in [6.07, 6.45) is 0.968. The van der Waals surface area contributed by atoms with Gasteiger partial charge in [0.25, 0.3) is 0 Å². The van der Waals surface area contributed by atoms with Crippen molar-refractivity contribution in [1.29, 1.82) is 0 Å². The van der Waals surface area contributed by atoms with Crippen LogP contribution >= 0.6 is 0 Å². The van der Waals surface area contributed by atoms with Crippen LogP contribution < -0.4 is 5.32 Å². The van der Waals surface area contributed by atoms with E-state index in [1.807, 2.05) is 0 Å². The molecule has 0 saturated carbocycles. The number of aliphatic carboxylic acids is 1. The Bertz CT molecular complexity index is 261. The van der Waals surface area contributed by atoms with Gasteiger partial charge in [0.15, 0.2) is 0 Å². The Balaban J connectivity index is 4.22. The average Bonchev–Trinajstić information content (AvgIpc) is 2.23. The molecule has 0 heterocycles. The Labute approximate surface area is 97.4 Å². The Kier molecular flexibility index (Phi) is 5.48. The molecule has 0 aliphatic heterocycles. The molecule has 4 nitrogen and oxygen atoms in total. The van der Waals surface area contributed by atoms with Crippen molar-refractivity contribution in [3.8, 4) is 0 Å². The first-order chi connectivity index (χ1) is 7.21. The predicted molar refractivity (Wildman–Crippen MR) is 63.0 cm³/mol. The van der Waals surface area contributed by atoms with Gasteiger partial charge in [0.1, 0.15) is 0 Å². The maximum atomic E-state index is 11.7. The van der Waals surface area contributed by atoms with E-state index in [-0.39, 0.29) is 11.3 Å². The van der Waals surface area contributed by atoms with Crippen LogP contribution in [0.2, 0.25) is 0 Å². The fraction of sp³-hybridized carbons (Fsp3) is 0.833. The van der Waals surface area contributed by atoms with Gasteiger partial charge in [-0.05, 0) is 11.8 Å². The molecule has 16 heavy (non-hydrogen) atoms. The Morgan fingerprint density at radius 3 is 2.12 bits per heavy atom. The molecule has 0 aromatic rings. The molecular weight excluding hydrogens is 206 g/mol. The van der Waals surface area contributed by atoms with Crippen molar-refractivity contribution in [1.82, 2.24) is 5.32 Å². The molecule has 4 heteroatoms. The molecular formula is C12H23NO3. The summed E-state index contributed by atoms with van der Waals surface area (Å²) in [4.78, 5) is 22.4. The van der Waals surface area contributed by atoms with Crippen molar-refractivity contribution < 1.29 is 14.7 Å². The molecule has 0 aromatic carbocycles. The number of rotatable bonds is 6. The van der Waals surface area contributed by atoms with Crippen molar-refractivity contribution in [2.24, 2.45) is 17.3 Å². The van der Waals surface area contributed by atoms with Gasteiger partial charge in [-0.1, -0.05) is 34.6 Å². The van der Waals surface area contributed by atoms with Crippen LogP contribution in [0.25, 0.3) is 0 Å². The van der Waals surface area contributed by atoms with E-state index in [0.717, 1.165) is 6.42 Å². The van der Waals surface area contributed by atoms with Crippen LogP contribution in [0.5, 0.6) is 0 Å². The molecule has 0 spiro atoms. The standard InChI is InChI=1S/C12H23NO3/c1-6-12(4,5)7-13-10(14)8(2)9(3)11(15)16/h8-9H,6-7H2,1-5H3,(H,13,14)(H,15,16). The molecule has 1 amide bonds. The van der Waals surface area contributed by atoms with Gasteiger partial charge in [-0.15, -0.1) is 0 Å². The van der Waals surface area contributed by atoms with Crippen LogP contribution in [0.3, 0.4) is 0 Å². The summed E-state index contributed by atoms with van der Waals surface area (Å²) < 4.78 is 0. The molecule has 0 bridgehead atoms. The number of carboxylic acid groups (broad SMARTS) is 1. The van der Waals surface area contributed by atoms with Crippen molar-refractivity contribution in [3.63, 3.8) is 0 Å². The molecule has 0 saturated heterocycles. The van der Waals surface area contributed by atoms with Crippen molar-refractivity contribution in [3.05, 3.63) is 0 Å². The van der Waals surface area contributed by atoms with Gasteiger partial charge in [-0.3, -0.25) is 9.59 Å². The Morgan fingerprint density at radius 1 is 1.25 bits per heavy atom. The van der Waals surface area contributed by atoms with Gasteiger partial charge >= 0.3 is 5.97 Å². The number of hydrogen-bond donors (Lipinski definition) is 2. The van der Waals surface area contributed by atoms with Crippen LogP contribution in [-0.4, -0.2) is 23.5 Å². The summed E-state index contributed by atoms with van der Waals surface area (Å²) >= 11 is 0. The largest absolute Gasteiger partial charge is 0.481 e. The van der Waals surface area contributed by atoms with E-state index in [1.54, 1.807) is 13.8 Å². The second kappa shape index (κ2) is 5.87. The lowest BCUT2D eigenvalue weighted by Gasteiger charge is -2.24. The zero-order valence-corrected chi connectivity index (χ0v) is 10.8. The van der Waals surface area contributed by atoms with Crippen molar-refractivity contribution >= 4 is 11.9 Å². The zero-order chi connectivity index (χ0) is 12.9. The number of hydrogen-bond acceptors (Lipinski definition) is 2. The SMILES string of the molecule is CCC(C)(C)CNC(=O)C(C)C(C)C(=O)O. The molecule has 0 aliphatic carbocycles. The first-order valence-corrected chi connectivity index (χ1v) is 5.72. The van der Waals surface area contributed by atoms with Gasteiger partial charge in [0, 0.05) is 12.5 Å². The van der Waals surface area contributed by atoms with Crippen LogP contribution in [-0.2, 0) is 9.59 Å². The first-order valence-electron chi connectivity index (χ1n) is 5.72. The zero-order valence-electron chi connectivity index (χ0n) is 10.8. The molecule has 2 unspecified atom stereocenters. The van der Waals surface area contributed by atoms with Crippen LogP contribution in [0.1, 0.15) is 41.0 Å². The number of amides is 1. The van der Waals surface area contributed by atoms with Crippen molar-refractivity contribution in [2.75, 3.05) is 6.54 Å². The summed E-state index contributed by atoms with van der Waals surface area (Å²) in [5.74, 6) is -2.26. The number of carbonyl (C=O) groups is 2. The van der Waals surface area contributed by atoms with Crippen LogP contribution in [0.15, 0.2) is 0 Å². The third-order valence-corrected chi connectivity index (χ3v) is 3.25. The molecule has 94 valence electrons. The van der Waals surface area contributed by atoms with Crippen LogP contribution in [0, 0.1) is 17.3 Å². The molecule has 0 aliphatic rings. The van der Waals surface area contributed by atoms with E-state index >= 15 is 0 Å². The normalized spacial score (nSPS) is 15.3. The Hall–Kier alpha value is -1.06. The van der Waals surface area contributed by atoms with Gasteiger partial charge in [0.2, 0.25) is 5.91 Å². The lowest BCUT2D eigenvalue weighted by Crippen LogP contribution is -2.39. The monoisotopic (exact) mass is 229 g/mol. The van der Waals surface area contributed by atoms with Gasteiger partial charge < -0.3 is 10.4 Å². The summed E-state index contributed by atoms with van der Waals surface area (Å²) in [7, 11) is 0. The smallest absolute Gasteiger partial charge is 0.307 e. The van der Waals surface area contributed by atoms with E-state index in [0.29, 0.717) is 6.54 Å². The van der Waals surface area contributed by atoms with E-state index in [9.17, 15) is 9.59 Å². The number of carboxylic acids is 1. The minimum atomic E-state index is -0.933. The summed E-state index contributed by atoms with van der Waals surface area (Å²) in [5.41, 5.74) is 0.0574. The second-order valence-electron chi connectivity index (χ2n) is 5.15. The van der Waals surface area contributed by atoms with E-state index in [4.69, 9.17) is 5.11 Å². The number of nitrogens with one attached hydrogen (secondary N) is 1. The van der Waals surface area contributed by atoms with Crippen molar-refractivity contribution in [2.45, 2.75) is 41.0 Å². The molecule has 2 atom stereocenters. The number of carbonyl (C=O) groups excluding carboxylic acids is 1. The fourth-order valence-corrected chi connectivity index (χ4v) is 1.05. The lowest BCUT2D eigenvalue weighted by atomic mass is 9.89. The summed E-state index contributed by atoms with van der Waals surface area (Å²) in [6.45, 7) is 9.98. The fourth-order valence-electron chi connectivity index (χ4n) is 1.05. The molecule has 2 N–H and O–H groups in total. The van der Waals surface area contributed by atoms with E-state index < -0.39 is 17.8 Å². The maximum absolute atomic E-state index is 11.7. The topological polar surface area (TPSA) is 66.4 Å². The highest BCUT2D eigenvalue weighted by atomic mass is 16.4. The van der Waals surface area contributed by atoms with Gasteiger partial charge in [0.05, 0.1) is 5.92 Å². The third-order valence-electron chi connectivity index (χ3n) is 3.25. The van der Waals surface area contributed by atoms with E-state index in [1.165, 1.54) is 0 Å². The maximum Gasteiger partial charge on any atom is 0.307 e. The minimum absolute atomic E-state index is 0.0574. The summed E-state index contributed by atoms with van der Waals surface area (Å²) in [5, 5.41) is 11.6. The highest BCUT2D eigenvalue weighted by Gasteiger charge is 2.26. The van der Waals surface area contributed by atoms with Gasteiger partial charge in [-0.25, -0.2) is 0 Å². The van der Waals surface area contributed by atoms with Crippen LogP contribution in [0.4, 0.5) is 0 Å². The second-order valence-corrected chi connectivity index (χ2v) is 5.15. The summed E-state index contributed by atoms with van der Waals surface area (Å²) in [6, 6.07) is 0. The molecule has 0 rings (SSSR count). The molecule has 0 radical (unpaired) electrons. The lowest BCUT2D eigenvalue weighted by molar-refractivity contribution is -0.146. The quantitative estimate of drug-likeness (QED) is 0.731. The highest BCUT2D eigenvalue weighted by molar-refractivity contribution is 5.84. The minimum Gasteiger partial charge on any atom is -0.481 e.